The zero-order valence-corrected chi connectivity index (χ0v) is 7.90. The minimum atomic E-state index is 0.804. The summed E-state index contributed by atoms with van der Waals surface area (Å²) in [4.78, 5) is 8.24. The molecule has 0 bridgehead atoms. The van der Waals surface area contributed by atoms with Crippen molar-refractivity contribution < 1.29 is 0 Å². The third kappa shape index (κ3) is 4.21. The summed E-state index contributed by atoms with van der Waals surface area (Å²) < 4.78 is 0. The van der Waals surface area contributed by atoms with E-state index in [1.165, 1.54) is 5.56 Å². The number of nitrogens with zero attached hydrogens (tertiary/aromatic N) is 2. The first-order valence-corrected chi connectivity index (χ1v) is 4.33. The van der Waals surface area contributed by atoms with E-state index in [1.807, 2.05) is 19.2 Å². The number of allylic oxidation sites excluding steroid dienone is 1. The van der Waals surface area contributed by atoms with Gasteiger partial charge in [0.15, 0.2) is 0 Å². The van der Waals surface area contributed by atoms with Crippen molar-refractivity contribution in [1.82, 2.24) is 4.98 Å². The van der Waals surface area contributed by atoms with Gasteiger partial charge in [-0.15, -0.1) is 0 Å². The van der Waals surface area contributed by atoms with Gasteiger partial charge < -0.3 is 0 Å². The molecule has 13 heavy (non-hydrogen) atoms. The van der Waals surface area contributed by atoms with Gasteiger partial charge in [0.25, 0.3) is 0 Å². The lowest BCUT2D eigenvalue weighted by atomic mass is 10.2. The van der Waals surface area contributed by atoms with E-state index in [4.69, 9.17) is 0 Å². The first kappa shape index (κ1) is 9.65. The third-order valence-corrected chi connectivity index (χ3v) is 1.56. The van der Waals surface area contributed by atoms with Crippen LogP contribution in [0.4, 0.5) is 0 Å². The zero-order valence-electron chi connectivity index (χ0n) is 7.90. The van der Waals surface area contributed by atoms with Gasteiger partial charge in [0, 0.05) is 25.2 Å². The van der Waals surface area contributed by atoms with Crippen LogP contribution in [0.2, 0.25) is 0 Å². The number of pyridine rings is 1. The van der Waals surface area contributed by atoms with E-state index in [0.717, 1.165) is 18.5 Å². The van der Waals surface area contributed by atoms with Crippen molar-refractivity contribution >= 4 is 6.21 Å². The summed E-state index contributed by atoms with van der Waals surface area (Å²) in [6.45, 7) is 6.48. The molecule has 0 aliphatic carbocycles. The van der Waals surface area contributed by atoms with Gasteiger partial charge in [-0.25, -0.2) is 0 Å². The Bertz CT molecular complexity index is 288. The van der Waals surface area contributed by atoms with E-state index in [9.17, 15) is 0 Å². The number of hydrogen-bond donors (Lipinski definition) is 0. The molecule has 0 N–H and O–H groups in total. The predicted octanol–water partition coefficient (Wildman–Crippen LogP) is 2.27. The van der Waals surface area contributed by atoms with E-state index >= 15 is 0 Å². The smallest absolute Gasteiger partial charge is 0.0430 e. The highest BCUT2D eigenvalue weighted by Gasteiger charge is 1.88. The van der Waals surface area contributed by atoms with Gasteiger partial charge >= 0.3 is 0 Å². The second kappa shape index (κ2) is 5.25. The van der Waals surface area contributed by atoms with Crippen LogP contribution in [-0.4, -0.2) is 17.7 Å². The highest BCUT2D eigenvalue weighted by atomic mass is 14.7. The summed E-state index contributed by atoms with van der Waals surface area (Å²) in [5, 5.41) is 0. The molecule has 0 atom stereocenters. The molecule has 1 aromatic rings. The molecule has 0 spiro atoms. The van der Waals surface area contributed by atoms with E-state index in [1.54, 1.807) is 12.4 Å². The number of rotatable bonds is 4. The van der Waals surface area contributed by atoms with Crippen molar-refractivity contribution in [3.8, 4) is 0 Å². The van der Waals surface area contributed by atoms with Crippen LogP contribution in [-0.2, 0) is 6.42 Å². The normalized spacial score (nSPS) is 10.5. The summed E-state index contributed by atoms with van der Waals surface area (Å²) in [6.07, 6.45) is 6.39. The van der Waals surface area contributed by atoms with Gasteiger partial charge in [0.1, 0.15) is 0 Å². The maximum atomic E-state index is 4.21. The molecule has 0 amide bonds. The van der Waals surface area contributed by atoms with Crippen LogP contribution in [0.3, 0.4) is 0 Å². The van der Waals surface area contributed by atoms with Gasteiger partial charge in [-0.2, -0.15) is 0 Å². The molecule has 0 saturated heterocycles. The van der Waals surface area contributed by atoms with Crippen LogP contribution in [0.25, 0.3) is 0 Å². The average Bonchev–Trinajstić information content (AvgIpc) is 2.14. The average molecular weight is 174 g/mol. The predicted molar refractivity (Wildman–Crippen MR) is 56.1 cm³/mol. The quantitative estimate of drug-likeness (QED) is 0.643. The lowest BCUT2D eigenvalue weighted by Gasteiger charge is -1.95. The van der Waals surface area contributed by atoms with Gasteiger partial charge in [0.05, 0.1) is 0 Å². The molecule has 1 heterocycles. The highest BCUT2D eigenvalue weighted by Crippen LogP contribution is 1.96. The topological polar surface area (TPSA) is 25.2 Å². The maximum Gasteiger partial charge on any atom is 0.0430 e. The first-order valence-electron chi connectivity index (χ1n) is 4.33. The lowest BCUT2D eigenvalue weighted by molar-refractivity contribution is 0.962. The Hall–Kier alpha value is -1.44. The van der Waals surface area contributed by atoms with Crippen LogP contribution in [0.5, 0.6) is 0 Å². The molecule has 0 aliphatic rings. The van der Waals surface area contributed by atoms with Crippen LogP contribution >= 0.6 is 0 Å². The summed E-state index contributed by atoms with van der Waals surface area (Å²) in [5.41, 5.74) is 2.22. The Kier molecular flexibility index (Phi) is 3.89. The Labute approximate surface area is 79.0 Å². The zero-order chi connectivity index (χ0) is 9.52. The third-order valence-electron chi connectivity index (χ3n) is 1.56. The number of hydrogen-bond acceptors (Lipinski definition) is 2. The Balaban J connectivity index is 2.32. The fourth-order valence-electron chi connectivity index (χ4n) is 0.960. The van der Waals surface area contributed by atoms with E-state index in [0.29, 0.717) is 0 Å². The summed E-state index contributed by atoms with van der Waals surface area (Å²) in [7, 11) is 0. The molecular weight excluding hydrogens is 160 g/mol. The van der Waals surface area contributed by atoms with Crippen molar-refractivity contribution in [1.29, 1.82) is 0 Å². The Morgan fingerprint density at radius 3 is 3.15 bits per heavy atom. The monoisotopic (exact) mass is 174 g/mol. The Morgan fingerprint density at radius 2 is 2.54 bits per heavy atom. The van der Waals surface area contributed by atoms with Crippen LogP contribution in [0, 0.1) is 0 Å². The minimum absolute atomic E-state index is 0.804. The summed E-state index contributed by atoms with van der Waals surface area (Å²) >= 11 is 0. The second-order valence-corrected chi connectivity index (χ2v) is 2.99. The van der Waals surface area contributed by atoms with E-state index in [2.05, 4.69) is 22.6 Å². The molecule has 0 fully saturated rings. The van der Waals surface area contributed by atoms with Crippen molar-refractivity contribution in [3.05, 3.63) is 42.2 Å². The van der Waals surface area contributed by atoms with Gasteiger partial charge in [0.2, 0.25) is 0 Å². The molecule has 2 nitrogen and oxygen atoms in total. The SMILES string of the molecule is C=C(C)C=NCCc1cccnc1. The molecule has 2 heteroatoms. The molecule has 68 valence electrons. The van der Waals surface area contributed by atoms with E-state index in [-0.39, 0.29) is 0 Å². The largest absolute Gasteiger partial charge is 0.293 e. The van der Waals surface area contributed by atoms with Crippen molar-refractivity contribution in [2.24, 2.45) is 4.99 Å². The highest BCUT2D eigenvalue weighted by molar-refractivity contribution is 5.76. The van der Waals surface area contributed by atoms with Crippen LogP contribution in [0.1, 0.15) is 12.5 Å². The van der Waals surface area contributed by atoms with Crippen molar-refractivity contribution in [2.75, 3.05) is 6.54 Å². The van der Waals surface area contributed by atoms with Gasteiger partial charge in [-0.3, -0.25) is 9.98 Å². The Morgan fingerprint density at radius 1 is 1.69 bits per heavy atom. The second-order valence-electron chi connectivity index (χ2n) is 2.99. The molecule has 0 radical (unpaired) electrons. The molecule has 1 rings (SSSR count). The molecular formula is C11H14N2. The maximum absolute atomic E-state index is 4.21. The van der Waals surface area contributed by atoms with Crippen molar-refractivity contribution in [3.63, 3.8) is 0 Å². The summed E-state index contributed by atoms with van der Waals surface area (Å²) in [6, 6.07) is 4.00. The summed E-state index contributed by atoms with van der Waals surface area (Å²) in [5.74, 6) is 0. The number of aliphatic imine (C=N–C) groups is 1. The fraction of sp³-hybridized carbons (Fsp3) is 0.273. The standard InChI is InChI=1S/C11H14N2/c1-10(2)8-13-7-5-11-4-3-6-12-9-11/h3-4,6,8-9H,1,5,7H2,2H3. The molecule has 0 aromatic carbocycles. The van der Waals surface area contributed by atoms with Gasteiger partial charge in [-0.1, -0.05) is 12.6 Å². The van der Waals surface area contributed by atoms with Crippen LogP contribution < -0.4 is 0 Å². The molecule has 0 aliphatic heterocycles. The minimum Gasteiger partial charge on any atom is -0.293 e. The first-order chi connectivity index (χ1) is 6.29. The molecule has 0 saturated carbocycles. The fourth-order valence-corrected chi connectivity index (χ4v) is 0.960. The van der Waals surface area contributed by atoms with Crippen LogP contribution in [0.15, 0.2) is 41.7 Å². The lowest BCUT2D eigenvalue weighted by Crippen LogP contribution is -1.90. The number of aromatic nitrogens is 1. The van der Waals surface area contributed by atoms with Crippen molar-refractivity contribution in [2.45, 2.75) is 13.3 Å². The van der Waals surface area contributed by atoms with Gasteiger partial charge in [-0.05, 0) is 30.5 Å². The molecule has 0 unspecified atom stereocenters. The molecule has 1 aromatic heterocycles. The van der Waals surface area contributed by atoms with E-state index < -0.39 is 0 Å².